The van der Waals surface area contributed by atoms with Gasteiger partial charge in [-0.25, -0.2) is 0 Å². The molecule has 0 aliphatic rings. The average molecular weight is 281 g/mol. The second kappa shape index (κ2) is 5.31. The quantitative estimate of drug-likeness (QED) is 0.846. The average Bonchev–Trinajstić information content (AvgIpc) is 2.32. The fourth-order valence-corrected chi connectivity index (χ4v) is 2.47. The summed E-state index contributed by atoms with van der Waals surface area (Å²) in [6, 6.07) is 11.0. The van der Waals surface area contributed by atoms with Crippen LogP contribution in [-0.4, -0.2) is 5.11 Å². The van der Waals surface area contributed by atoms with Gasteiger partial charge >= 0.3 is 0 Å². The molecular formula is C15H14Cl2O. The standard InChI is InChI=1S/C15H14Cl2O/c1-9-4-3-5-12(10(9)2)15(18)13-7-6-11(16)8-14(13)17/h3-8,15,18H,1-2H3. The lowest BCUT2D eigenvalue weighted by atomic mass is 9.95. The van der Waals surface area contributed by atoms with Gasteiger partial charge in [0, 0.05) is 15.6 Å². The Hall–Kier alpha value is -1.02. The van der Waals surface area contributed by atoms with Gasteiger partial charge in [-0.3, -0.25) is 0 Å². The molecule has 2 rings (SSSR count). The highest BCUT2D eigenvalue weighted by molar-refractivity contribution is 6.35. The summed E-state index contributed by atoms with van der Waals surface area (Å²) in [5.41, 5.74) is 3.78. The molecule has 2 aromatic carbocycles. The smallest absolute Gasteiger partial charge is 0.106 e. The van der Waals surface area contributed by atoms with E-state index >= 15 is 0 Å². The van der Waals surface area contributed by atoms with Crippen molar-refractivity contribution < 1.29 is 5.11 Å². The van der Waals surface area contributed by atoms with Gasteiger partial charge < -0.3 is 5.11 Å². The van der Waals surface area contributed by atoms with Crippen molar-refractivity contribution in [3.63, 3.8) is 0 Å². The molecule has 2 aromatic rings. The second-order valence-electron chi connectivity index (χ2n) is 4.36. The minimum absolute atomic E-state index is 0.482. The van der Waals surface area contributed by atoms with E-state index in [-0.39, 0.29) is 0 Å². The number of aliphatic hydroxyl groups is 1. The molecule has 1 atom stereocenters. The molecule has 0 radical (unpaired) electrons. The normalized spacial score (nSPS) is 12.5. The molecule has 0 spiro atoms. The van der Waals surface area contributed by atoms with Gasteiger partial charge in [0.05, 0.1) is 0 Å². The van der Waals surface area contributed by atoms with Crippen molar-refractivity contribution >= 4 is 23.2 Å². The Morgan fingerprint density at radius 2 is 1.72 bits per heavy atom. The summed E-state index contributed by atoms with van der Waals surface area (Å²) in [5, 5.41) is 11.5. The molecule has 94 valence electrons. The van der Waals surface area contributed by atoms with Crippen LogP contribution in [0.1, 0.15) is 28.4 Å². The zero-order valence-electron chi connectivity index (χ0n) is 10.2. The Kier molecular flexibility index (Phi) is 3.96. The van der Waals surface area contributed by atoms with Crippen molar-refractivity contribution in [1.82, 2.24) is 0 Å². The van der Waals surface area contributed by atoms with Crippen molar-refractivity contribution in [1.29, 1.82) is 0 Å². The largest absolute Gasteiger partial charge is 0.384 e. The van der Waals surface area contributed by atoms with Crippen molar-refractivity contribution in [2.45, 2.75) is 20.0 Å². The number of halogens is 2. The third kappa shape index (κ3) is 2.54. The van der Waals surface area contributed by atoms with E-state index in [1.807, 2.05) is 32.0 Å². The van der Waals surface area contributed by atoms with Crippen molar-refractivity contribution in [2.75, 3.05) is 0 Å². The molecule has 1 unspecified atom stereocenters. The van der Waals surface area contributed by atoms with E-state index in [4.69, 9.17) is 23.2 Å². The minimum Gasteiger partial charge on any atom is -0.384 e. The maximum atomic E-state index is 10.4. The van der Waals surface area contributed by atoms with Crippen molar-refractivity contribution in [3.8, 4) is 0 Å². The predicted octanol–water partition coefficient (Wildman–Crippen LogP) is 4.69. The first-order valence-corrected chi connectivity index (χ1v) is 6.45. The molecule has 0 saturated heterocycles. The van der Waals surface area contributed by atoms with Gasteiger partial charge in [0.1, 0.15) is 6.10 Å². The van der Waals surface area contributed by atoms with Gasteiger partial charge in [0.2, 0.25) is 0 Å². The summed E-state index contributed by atoms with van der Waals surface area (Å²) in [6.45, 7) is 4.02. The van der Waals surface area contributed by atoms with E-state index in [1.54, 1.807) is 18.2 Å². The van der Waals surface area contributed by atoms with Crippen LogP contribution in [0.4, 0.5) is 0 Å². The van der Waals surface area contributed by atoms with Gasteiger partial charge in [0.15, 0.2) is 0 Å². The Balaban J connectivity index is 2.48. The number of aliphatic hydroxyl groups excluding tert-OH is 1. The number of benzene rings is 2. The highest BCUT2D eigenvalue weighted by Crippen LogP contribution is 2.32. The van der Waals surface area contributed by atoms with Crippen LogP contribution >= 0.6 is 23.2 Å². The fraction of sp³-hybridized carbons (Fsp3) is 0.200. The third-order valence-electron chi connectivity index (χ3n) is 3.20. The molecule has 0 heterocycles. The van der Waals surface area contributed by atoms with Crippen LogP contribution < -0.4 is 0 Å². The summed E-state index contributed by atoms with van der Waals surface area (Å²) in [4.78, 5) is 0. The third-order valence-corrected chi connectivity index (χ3v) is 3.76. The SMILES string of the molecule is Cc1cccc(C(O)c2ccc(Cl)cc2Cl)c1C. The van der Waals surface area contributed by atoms with Gasteiger partial charge in [-0.1, -0.05) is 47.5 Å². The molecule has 1 N–H and O–H groups in total. The number of aryl methyl sites for hydroxylation is 1. The van der Waals surface area contributed by atoms with Gasteiger partial charge in [0.25, 0.3) is 0 Å². The summed E-state index contributed by atoms with van der Waals surface area (Å²) < 4.78 is 0. The maximum absolute atomic E-state index is 10.4. The van der Waals surface area contributed by atoms with E-state index in [2.05, 4.69) is 0 Å². The molecule has 1 nitrogen and oxygen atoms in total. The van der Waals surface area contributed by atoms with E-state index in [0.717, 1.165) is 16.7 Å². The molecule has 3 heteroatoms. The number of rotatable bonds is 2. The van der Waals surface area contributed by atoms with E-state index in [1.165, 1.54) is 0 Å². The Bertz CT molecular complexity index is 579. The molecule has 0 saturated carbocycles. The van der Waals surface area contributed by atoms with Gasteiger partial charge in [-0.05, 0) is 42.7 Å². The van der Waals surface area contributed by atoms with Crippen LogP contribution in [0, 0.1) is 13.8 Å². The molecule has 0 bridgehead atoms. The summed E-state index contributed by atoms with van der Waals surface area (Å²) in [5.74, 6) is 0. The van der Waals surface area contributed by atoms with Crippen LogP contribution in [-0.2, 0) is 0 Å². The first-order valence-electron chi connectivity index (χ1n) is 5.70. The highest BCUT2D eigenvalue weighted by Gasteiger charge is 2.16. The topological polar surface area (TPSA) is 20.2 Å². The minimum atomic E-state index is -0.727. The molecule has 18 heavy (non-hydrogen) atoms. The zero-order valence-corrected chi connectivity index (χ0v) is 11.8. The zero-order chi connectivity index (χ0) is 13.3. The van der Waals surface area contributed by atoms with E-state index in [9.17, 15) is 5.11 Å². The van der Waals surface area contributed by atoms with Crippen molar-refractivity contribution in [3.05, 3.63) is 68.7 Å². The number of hydrogen-bond donors (Lipinski definition) is 1. The van der Waals surface area contributed by atoms with Gasteiger partial charge in [-0.2, -0.15) is 0 Å². The lowest BCUT2D eigenvalue weighted by Gasteiger charge is -2.17. The van der Waals surface area contributed by atoms with Crippen molar-refractivity contribution in [2.24, 2.45) is 0 Å². The van der Waals surface area contributed by atoms with Crippen LogP contribution in [0.25, 0.3) is 0 Å². The first-order chi connectivity index (χ1) is 8.50. The molecule has 0 aliphatic heterocycles. The van der Waals surface area contributed by atoms with Crippen LogP contribution in [0.15, 0.2) is 36.4 Å². The Morgan fingerprint density at radius 3 is 2.39 bits per heavy atom. The monoisotopic (exact) mass is 280 g/mol. The van der Waals surface area contributed by atoms with E-state index in [0.29, 0.717) is 15.6 Å². The second-order valence-corrected chi connectivity index (χ2v) is 5.20. The number of hydrogen-bond acceptors (Lipinski definition) is 1. The molecule has 0 aliphatic carbocycles. The Morgan fingerprint density at radius 1 is 1.00 bits per heavy atom. The lowest BCUT2D eigenvalue weighted by Crippen LogP contribution is -2.03. The summed E-state index contributed by atoms with van der Waals surface area (Å²) in [6.07, 6.45) is -0.727. The Labute approximate surface area is 117 Å². The summed E-state index contributed by atoms with van der Waals surface area (Å²) in [7, 11) is 0. The van der Waals surface area contributed by atoms with Crippen LogP contribution in [0.3, 0.4) is 0 Å². The van der Waals surface area contributed by atoms with Crippen LogP contribution in [0.2, 0.25) is 10.0 Å². The van der Waals surface area contributed by atoms with E-state index < -0.39 is 6.10 Å². The first kappa shape index (κ1) is 13.4. The van der Waals surface area contributed by atoms with Gasteiger partial charge in [-0.15, -0.1) is 0 Å². The lowest BCUT2D eigenvalue weighted by molar-refractivity contribution is 0.219. The highest BCUT2D eigenvalue weighted by atomic mass is 35.5. The maximum Gasteiger partial charge on any atom is 0.106 e. The molecule has 0 amide bonds. The molecule has 0 aromatic heterocycles. The fourth-order valence-electron chi connectivity index (χ4n) is 1.96. The predicted molar refractivity (Wildman–Crippen MR) is 76.4 cm³/mol. The van der Waals surface area contributed by atoms with Crippen LogP contribution in [0.5, 0.6) is 0 Å². The molecular weight excluding hydrogens is 267 g/mol. The molecule has 0 fully saturated rings. The summed E-state index contributed by atoms with van der Waals surface area (Å²) >= 11 is 12.0.